The van der Waals surface area contributed by atoms with Crippen LogP contribution < -0.4 is 5.32 Å². The fraction of sp³-hybridized carbons (Fsp3) is 0.455. The summed E-state index contributed by atoms with van der Waals surface area (Å²) in [6.07, 6.45) is 5.22. The third kappa shape index (κ3) is 1.02. The summed E-state index contributed by atoms with van der Waals surface area (Å²) in [7, 11) is 4.01. The van der Waals surface area contributed by atoms with Gasteiger partial charge in [0.1, 0.15) is 17.8 Å². The lowest BCUT2D eigenvalue weighted by Crippen LogP contribution is -1.98. The number of nitrogens with zero attached hydrogens (tertiary/aromatic N) is 3. The number of aryl methyl sites for hydroxylation is 2. The Morgan fingerprint density at radius 3 is 3.00 bits per heavy atom. The Bertz CT molecular complexity index is 527. The van der Waals surface area contributed by atoms with Gasteiger partial charge in [0.2, 0.25) is 0 Å². The second-order valence-corrected chi connectivity index (χ2v) is 4.01. The van der Waals surface area contributed by atoms with Crippen molar-refractivity contribution < 1.29 is 0 Å². The Balaban J connectivity index is 2.45. The van der Waals surface area contributed by atoms with Crippen LogP contribution in [0.1, 0.15) is 17.7 Å². The lowest BCUT2D eigenvalue weighted by Gasteiger charge is -2.02. The third-order valence-corrected chi connectivity index (χ3v) is 3.28. The lowest BCUT2D eigenvalue weighted by atomic mass is 10.2. The first kappa shape index (κ1) is 8.71. The molecule has 0 aromatic carbocycles. The minimum atomic E-state index is 0.957. The molecule has 0 spiro atoms. The number of aromatic nitrogens is 3. The predicted molar refractivity (Wildman–Crippen MR) is 60.1 cm³/mol. The van der Waals surface area contributed by atoms with Crippen molar-refractivity contribution in [3.8, 4) is 0 Å². The van der Waals surface area contributed by atoms with Crippen molar-refractivity contribution in [2.75, 3.05) is 12.4 Å². The average Bonchev–Trinajstić information content (AvgIpc) is 2.83. The van der Waals surface area contributed by atoms with E-state index in [9.17, 15) is 0 Å². The summed E-state index contributed by atoms with van der Waals surface area (Å²) in [4.78, 5) is 8.65. The van der Waals surface area contributed by atoms with Gasteiger partial charge in [-0.05, 0) is 24.8 Å². The van der Waals surface area contributed by atoms with Crippen LogP contribution in [0.25, 0.3) is 11.0 Å². The summed E-state index contributed by atoms with van der Waals surface area (Å²) in [5, 5.41) is 4.37. The van der Waals surface area contributed by atoms with E-state index in [-0.39, 0.29) is 0 Å². The van der Waals surface area contributed by atoms with Crippen molar-refractivity contribution >= 4 is 16.9 Å². The maximum Gasteiger partial charge on any atom is 0.145 e. The zero-order chi connectivity index (χ0) is 10.4. The molecule has 4 heteroatoms. The molecule has 0 bridgehead atoms. The van der Waals surface area contributed by atoms with Crippen molar-refractivity contribution in [2.45, 2.75) is 19.3 Å². The molecule has 0 aliphatic heterocycles. The monoisotopic (exact) mass is 202 g/mol. The van der Waals surface area contributed by atoms with Gasteiger partial charge in [0, 0.05) is 19.8 Å². The molecule has 15 heavy (non-hydrogen) atoms. The van der Waals surface area contributed by atoms with Crippen molar-refractivity contribution in [3.05, 3.63) is 17.6 Å². The van der Waals surface area contributed by atoms with Gasteiger partial charge in [-0.15, -0.1) is 0 Å². The normalized spacial score (nSPS) is 14.5. The minimum Gasteiger partial charge on any atom is -0.372 e. The Labute approximate surface area is 88.3 Å². The van der Waals surface area contributed by atoms with Crippen LogP contribution in [0.15, 0.2) is 6.33 Å². The van der Waals surface area contributed by atoms with Crippen LogP contribution >= 0.6 is 0 Å². The highest BCUT2D eigenvalue weighted by Gasteiger charge is 2.22. The predicted octanol–water partition coefficient (Wildman–Crippen LogP) is 1.50. The van der Waals surface area contributed by atoms with Gasteiger partial charge in [-0.25, -0.2) is 9.97 Å². The Hall–Kier alpha value is -1.58. The zero-order valence-corrected chi connectivity index (χ0v) is 9.04. The van der Waals surface area contributed by atoms with E-state index < -0.39 is 0 Å². The van der Waals surface area contributed by atoms with Gasteiger partial charge < -0.3 is 9.88 Å². The molecule has 78 valence electrons. The lowest BCUT2D eigenvalue weighted by molar-refractivity contribution is 0.823. The van der Waals surface area contributed by atoms with Gasteiger partial charge in [0.25, 0.3) is 0 Å². The van der Waals surface area contributed by atoms with Crippen LogP contribution in [0.2, 0.25) is 0 Å². The number of anilines is 1. The maximum atomic E-state index is 4.36. The highest BCUT2D eigenvalue weighted by molar-refractivity contribution is 5.92. The van der Waals surface area contributed by atoms with Crippen molar-refractivity contribution in [2.24, 2.45) is 7.05 Å². The van der Waals surface area contributed by atoms with Crippen LogP contribution in [0.5, 0.6) is 0 Å². The molecule has 0 saturated carbocycles. The molecule has 1 aliphatic carbocycles. The molecule has 2 heterocycles. The van der Waals surface area contributed by atoms with E-state index >= 15 is 0 Å². The molecule has 0 amide bonds. The van der Waals surface area contributed by atoms with E-state index in [0.717, 1.165) is 17.9 Å². The Morgan fingerprint density at radius 1 is 1.33 bits per heavy atom. The Kier molecular flexibility index (Phi) is 1.71. The van der Waals surface area contributed by atoms with Crippen LogP contribution in [-0.4, -0.2) is 21.6 Å². The van der Waals surface area contributed by atoms with Crippen molar-refractivity contribution in [3.63, 3.8) is 0 Å². The summed E-state index contributed by atoms with van der Waals surface area (Å²) in [6.45, 7) is 0. The summed E-state index contributed by atoms with van der Waals surface area (Å²) in [5.41, 5.74) is 3.93. The zero-order valence-electron chi connectivity index (χ0n) is 9.04. The first-order valence-corrected chi connectivity index (χ1v) is 5.32. The smallest absolute Gasteiger partial charge is 0.145 e. The maximum absolute atomic E-state index is 4.36. The van der Waals surface area contributed by atoms with E-state index in [1.165, 1.54) is 29.5 Å². The summed E-state index contributed by atoms with van der Waals surface area (Å²) in [6, 6.07) is 0. The van der Waals surface area contributed by atoms with Crippen LogP contribution in [0, 0.1) is 0 Å². The van der Waals surface area contributed by atoms with E-state index in [2.05, 4.69) is 26.9 Å². The molecular formula is C11H14N4. The fourth-order valence-corrected chi connectivity index (χ4v) is 2.59. The molecule has 4 nitrogen and oxygen atoms in total. The highest BCUT2D eigenvalue weighted by Crippen LogP contribution is 2.34. The molecule has 1 N–H and O–H groups in total. The topological polar surface area (TPSA) is 42.7 Å². The first-order valence-electron chi connectivity index (χ1n) is 5.32. The van der Waals surface area contributed by atoms with Gasteiger partial charge in [-0.2, -0.15) is 0 Å². The van der Waals surface area contributed by atoms with E-state index in [4.69, 9.17) is 0 Å². The molecule has 0 atom stereocenters. The summed E-state index contributed by atoms with van der Waals surface area (Å²) in [5.74, 6) is 0.957. The molecule has 3 rings (SSSR count). The minimum absolute atomic E-state index is 0.957. The standard InChI is InChI=1S/C11H14N4/c1-12-10-9-7-4-3-5-8(7)15(2)11(9)14-6-13-10/h6H,3-5H2,1-2H3,(H,12,13,14). The van der Waals surface area contributed by atoms with Crippen molar-refractivity contribution in [1.82, 2.24) is 14.5 Å². The average molecular weight is 202 g/mol. The summed E-state index contributed by atoms with van der Waals surface area (Å²) >= 11 is 0. The molecular weight excluding hydrogens is 188 g/mol. The largest absolute Gasteiger partial charge is 0.372 e. The molecule has 1 aliphatic rings. The van der Waals surface area contributed by atoms with E-state index in [0.29, 0.717) is 0 Å². The SMILES string of the molecule is CNc1ncnc2c1c1c(n2C)CCC1. The molecule has 0 radical (unpaired) electrons. The second-order valence-electron chi connectivity index (χ2n) is 4.01. The van der Waals surface area contributed by atoms with Crippen LogP contribution in [0.4, 0.5) is 5.82 Å². The molecule has 0 saturated heterocycles. The molecule has 0 fully saturated rings. The number of hydrogen-bond donors (Lipinski definition) is 1. The fourth-order valence-electron chi connectivity index (χ4n) is 2.59. The van der Waals surface area contributed by atoms with Gasteiger partial charge in [-0.1, -0.05) is 0 Å². The van der Waals surface area contributed by atoms with Crippen LogP contribution in [-0.2, 0) is 19.9 Å². The number of fused-ring (bicyclic) bond motifs is 3. The van der Waals surface area contributed by atoms with Crippen molar-refractivity contribution in [1.29, 1.82) is 0 Å². The molecule has 2 aromatic heterocycles. The third-order valence-electron chi connectivity index (χ3n) is 3.28. The van der Waals surface area contributed by atoms with Crippen LogP contribution in [0.3, 0.4) is 0 Å². The summed E-state index contributed by atoms with van der Waals surface area (Å²) < 4.78 is 2.21. The quantitative estimate of drug-likeness (QED) is 0.762. The molecule has 2 aromatic rings. The van der Waals surface area contributed by atoms with E-state index in [1.54, 1.807) is 6.33 Å². The van der Waals surface area contributed by atoms with Gasteiger partial charge in [0.05, 0.1) is 5.39 Å². The molecule has 0 unspecified atom stereocenters. The second kappa shape index (κ2) is 2.95. The van der Waals surface area contributed by atoms with Gasteiger partial charge >= 0.3 is 0 Å². The number of rotatable bonds is 1. The first-order chi connectivity index (χ1) is 7.33. The van der Waals surface area contributed by atoms with Gasteiger partial charge in [0.15, 0.2) is 0 Å². The van der Waals surface area contributed by atoms with Gasteiger partial charge in [-0.3, -0.25) is 0 Å². The van der Waals surface area contributed by atoms with E-state index in [1.807, 2.05) is 7.05 Å². The number of nitrogens with one attached hydrogen (secondary N) is 1. The Morgan fingerprint density at radius 2 is 2.20 bits per heavy atom. The number of hydrogen-bond acceptors (Lipinski definition) is 3. The highest BCUT2D eigenvalue weighted by atomic mass is 15.1.